The van der Waals surface area contributed by atoms with E-state index in [1.54, 1.807) is 18.2 Å². The Morgan fingerprint density at radius 3 is 2.44 bits per heavy atom. The van der Waals surface area contributed by atoms with E-state index in [4.69, 9.17) is 4.74 Å². The summed E-state index contributed by atoms with van der Waals surface area (Å²) in [7, 11) is 1.40. The highest BCUT2D eigenvalue weighted by atomic mass is 19.1. The topological polar surface area (TPSA) is 53.9 Å². The Morgan fingerprint density at radius 1 is 1.20 bits per heavy atom. The summed E-state index contributed by atoms with van der Waals surface area (Å²) in [4.78, 5) is 14.3. The molecule has 0 bridgehead atoms. The number of hydrogen-bond donors (Lipinski definition) is 1. The maximum absolute atomic E-state index is 13.6. The number of methoxy groups -OCH3 is 1. The number of amides is 1. The highest BCUT2D eigenvalue weighted by Gasteiger charge is 2.06. The summed E-state index contributed by atoms with van der Waals surface area (Å²) in [5, 5.41) is 3.86. The van der Waals surface area contributed by atoms with E-state index in [0.717, 1.165) is 18.8 Å². The molecule has 2 aromatic rings. The molecule has 0 aliphatic rings. The van der Waals surface area contributed by atoms with Crippen LogP contribution < -0.4 is 15.1 Å². The number of nitrogens with one attached hydrogen (secondary N) is 1. The first-order valence-corrected chi connectivity index (χ1v) is 8.11. The van der Waals surface area contributed by atoms with Gasteiger partial charge in [-0.1, -0.05) is 0 Å². The zero-order chi connectivity index (χ0) is 18.2. The van der Waals surface area contributed by atoms with E-state index in [0.29, 0.717) is 11.1 Å². The molecule has 0 aliphatic heterocycles. The lowest BCUT2D eigenvalue weighted by Crippen LogP contribution is -2.22. The number of nitrogens with zero attached hydrogens (tertiary/aromatic N) is 2. The summed E-state index contributed by atoms with van der Waals surface area (Å²) in [5.74, 6) is -0.643. The highest BCUT2D eigenvalue weighted by Crippen LogP contribution is 2.17. The fourth-order valence-corrected chi connectivity index (χ4v) is 2.41. The minimum absolute atomic E-state index is 0.162. The zero-order valence-corrected chi connectivity index (χ0v) is 14.6. The van der Waals surface area contributed by atoms with Crippen LogP contribution >= 0.6 is 0 Å². The van der Waals surface area contributed by atoms with Gasteiger partial charge in [-0.15, -0.1) is 0 Å². The number of hydrazone groups is 1. The predicted molar refractivity (Wildman–Crippen MR) is 98.0 cm³/mol. The Labute approximate surface area is 147 Å². The van der Waals surface area contributed by atoms with Gasteiger partial charge in [0.1, 0.15) is 0 Å². The second-order valence-corrected chi connectivity index (χ2v) is 5.31. The lowest BCUT2D eigenvalue weighted by Gasteiger charge is -2.20. The van der Waals surface area contributed by atoms with E-state index < -0.39 is 5.82 Å². The maximum atomic E-state index is 13.6. The van der Waals surface area contributed by atoms with E-state index in [1.807, 2.05) is 12.1 Å². The molecule has 0 saturated heterocycles. The van der Waals surface area contributed by atoms with Gasteiger partial charge in [0, 0.05) is 24.3 Å². The summed E-state index contributed by atoms with van der Waals surface area (Å²) in [6.45, 7) is 5.98. The second-order valence-electron chi connectivity index (χ2n) is 5.31. The van der Waals surface area contributed by atoms with Gasteiger partial charge in [0.05, 0.1) is 13.3 Å². The largest absolute Gasteiger partial charge is 0.494 e. The van der Waals surface area contributed by atoms with Crippen LogP contribution in [0.4, 0.5) is 10.1 Å². The third-order valence-electron chi connectivity index (χ3n) is 3.81. The van der Waals surface area contributed by atoms with E-state index in [2.05, 4.69) is 29.3 Å². The van der Waals surface area contributed by atoms with Crippen LogP contribution in [0, 0.1) is 5.82 Å². The summed E-state index contributed by atoms with van der Waals surface area (Å²) in [6, 6.07) is 11.8. The van der Waals surface area contributed by atoms with Crippen molar-refractivity contribution < 1.29 is 13.9 Å². The van der Waals surface area contributed by atoms with Crippen LogP contribution in [-0.2, 0) is 0 Å². The number of carbonyl (C=O) groups is 1. The van der Waals surface area contributed by atoms with Gasteiger partial charge in [0.2, 0.25) is 0 Å². The smallest absolute Gasteiger partial charge is 0.271 e. The van der Waals surface area contributed by atoms with Gasteiger partial charge >= 0.3 is 0 Å². The fourth-order valence-electron chi connectivity index (χ4n) is 2.41. The van der Waals surface area contributed by atoms with Crippen LogP contribution in [0.2, 0.25) is 0 Å². The molecule has 0 spiro atoms. The van der Waals surface area contributed by atoms with Crippen LogP contribution in [0.1, 0.15) is 29.8 Å². The molecule has 0 aliphatic carbocycles. The van der Waals surface area contributed by atoms with Gasteiger partial charge in [0.15, 0.2) is 11.6 Å². The van der Waals surface area contributed by atoms with E-state index in [1.165, 1.54) is 25.5 Å². The highest BCUT2D eigenvalue weighted by molar-refractivity contribution is 5.95. The molecular formula is C19H22FN3O2. The number of rotatable bonds is 7. The molecule has 5 nitrogen and oxygen atoms in total. The molecule has 0 saturated carbocycles. The molecule has 0 atom stereocenters. The summed E-state index contributed by atoms with van der Waals surface area (Å²) < 4.78 is 18.4. The van der Waals surface area contributed by atoms with Gasteiger partial charge in [-0.25, -0.2) is 9.82 Å². The summed E-state index contributed by atoms with van der Waals surface area (Å²) in [5.41, 5.74) is 4.54. The van der Waals surface area contributed by atoms with Crippen LogP contribution in [0.15, 0.2) is 47.6 Å². The molecule has 0 unspecified atom stereocenters. The number of anilines is 1. The number of carbonyl (C=O) groups excluding carboxylic acids is 1. The Morgan fingerprint density at radius 2 is 1.88 bits per heavy atom. The van der Waals surface area contributed by atoms with E-state index in [-0.39, 0.29) is 11.7 Å². The molecule has 2 rings (SSSR count). The first-order valence-electron chi connectivity index (χ1n) is 8.11. The van der Waals surface area contributed by atoms with Gasteiger partial charge in [-0.05, 0) is 61.9 Å². The lowest BCUT2D eigenvalue weighted by molar-refractivity contribution is 0.0955. The second kappa shape index (κ2) is 8.82. The number of hydrogen-bond acceptors (Lipinski definition) is 4. The van der Waals surface area contributed by atoms with Crippen molar-refractivity contribution in [3.8, 4) is 5.75 Å². The Bertz CT molecular complexity index is 741. The molecule has 132 valence electrons. The Hall–Kier alpha value is -2.89. The SMILES string of the molecule is CCN(CC)c1ccc(C(=O)N/N=C\c2ccc(OC)c(F)c2)cc1. The molecule has 1 amide bonds. The van der Waals surface area contributed by atoms with E-state index >= 15 is 0 Å². The van der Waals surface area contributed by atoms with Crippen LogP contribution in [0.25, 0.3) is 0 Å². The van der Waals surface area contributed by atoms with Crippen molar-refractivity contribution >= 4 is 17.8 Å². The normalized spacial score (nSPS) is 10.7. The van der Waals surface area contributed by atoms with Crippen molar-refractivity contribution in [1.82, 2.24) is 5.43 Å². The molecular weight excluding hydrogens is 321 g/mol. The number of benzene rings is 2. The monoisotopic (exact) mass is 343 g/mol. The lowest BCUT2D eigenvalue weighted by atomic mass is 10.2. The van der Waals surface area contributed by atoms with Gasteiger partial charge in [-0.2, -0.15) is 5.10 Å². The standard InChI is InChI=1S/C19H22FN3O2/c1-4-23(5-2)16-9-7-15(8-10-16)19(24)22-21-13-14-6-11-18(25-3)17(20)12-14/h6-13H,4-5H2,1-3H3,(H,22,24)/b21-13-. The average Bonchev–Trinajstić information content (AvgIpc) is 2.63. The van der Waals surface area contributed by atoms with Gasteiger partial charge in [0.25, 0.3) is 5.91 Å². The fraction of sp³-hybridized carbons (Fsp3) is 0.263. The van der Waals surface area contributed by atoms with Gasteiger partial charge in [-0.3, -0.25) is 4.79 Å². The molecule has 1 N–H and O–H groups in total. The molecule has 6 heteroatoms. The Kier molecular flexibility index (Phi) is 6.51. The van der Waals surface area contributed by atoms with Crippen molar-refractivity contribution in [2.45, 2.75) is 13.8 Å². The van der Waals surface area contributed by atoms with Crippen LogP contribution in [-0.4, -0.2) is 32.3 Å². The molecule has 0 heterocycles. The van der Waals surface area contributed by atoms with Crippen LogP contribution in [0.5, 0.6) is 5.75 Å². The maximum Gasteiger partial charge on any atom is 0.271 e. The van der Waals surface area contributed by atoms with Crippen molar-refractivity contribution in [3.63, 3.8) is 0 Å². The molecule has 25 heavy (non-hydrogen) atoms. The third kappa shape index (κ3) is 4.79. The molecule has 0 fully saturated rings. The predicted octanol–water partition coefficient (Wildman–Crippen LogP) is 3.44. The molecule has 2 aromatic carbocycles. The van der Waals surface area contributed by atoms with Crippen molar-refractivity contribution in [1.29, 1.82) is 0 Å². The average molecular weight is 343 g/mol. The number of ether oxygens (including phenoxy) is 1. The number of halogens is 1. The van der Waals surface area contributed by atoms with E-state index in [9.17, 15) is 9.18 Å². The summed E-state index contributed by atoms with van der Waals surface area (Å²) >= 11 is 0. The zero-order valence-electron chi connectivity index (χ0n) is 14.6. The molecule has 0 radical (unpaired) electrons. The quantitative estimate of drug-likeness (QED) is 0.619. The third-order valence-corrected chi connectivity index (χ3v) is 3.81. The van der Waals surface area contributed by atoms with Crippen molar-refractivity contribution in [2.75, 3.05) is 25.1 Å². The minimum atomic E-state index is -0.482. The first-order chi connectivity index (χ1) is 12.1. The summed E-state index contributed by atoms with van der Waals surface area (Å²) in [6.07, 6.45) is 1.38. The Balaban J connectivity index is 1.99. The minimum Gasteiger partial charge on any atom is -0.494 e. The van der Waals surface area contributed by atoms with Crippen LogP contribution in [0.3, 0.4) is 0 Å². The molecule has 0 aromatic heterocycles. The first kappa shape index (κ1) is 18.4. The van der Waals surface area contributed by atoms with Gasteiger partial charge < -0.3 is 9.64 Å². The van der Waals surface area contributed by atoms with Crippen molar-refractivity contribution in [3.05, 3.63) is 59.4 Å². The van der Waals surface area contributed by atoms with Crippen molar-refractivity contribution in [2.24, 2.45) is 5.10 Å².